The van der Waals surface area contributed by atoms with Crippen molar-refractivity contribution in [3.63, 3.8) is 0 Å². The van der Waals surface area contributed by atoms with Crippen LogP contribution >= 0.6 is 0 Å². The Kier molecular flexibility index (Phi) is 3.49. The molecule has 4 rings (SSSR count). The summed E-state index contributed by atoms with van der Waals surface area (Å²) in [6.45, 7) is 1.97. The Labute approximate surface area is 138 Å². The van der Waals surface area contributed by atoms with E-state index in [1.165, 1.54) is 6.20 Å². The van der Waals surface area contributed by atoms with Crippen molar-refractivity contribution in [1.82, 2.24) is 24.8 Å². The van der Waals surface area contributed by atoms with Crippen molar-refractivity contribution in [2.24, 2.45) is 11.3 Å². The quantitative estimate of drug-likeness (QED) is 0.835. The molecular weight excluding hydrogens is 310 g/mol. The third-order valence-electron chi connectivity index (χ3n) is 5.18. The van der Waals surface area contributed by atoms with Crippen molar-refractivity contribution < 1.29 is 14.3 Å². The number of likely N-dealkylation sites (tertiary alicyclic amines) is 1. The van der Waals surface area contributed by atoms with Crippen LogP contribution in [-0.4, -0.2) is 64.7 Å². The van der Waals surface area contributed by atoms with Crippen LogP contribution in [0.4, 0.5) is 0 Å². The van der Waals surface area contributed by atoms with E-state index in [1.54, 1.807) is 34.9 Å². The van der Waals surface area contributed by atoms with E-state index >= 15 is 0 Å². The van der Waals surface area contributed by atoms with E-state index in [-0.39, 0.29) is 17.7 Å². The molecule has 0 radical (unpaired) electrons. The smallest absolute Gasteiger partial charge is 0.259 e. The molecule has 0 bridgehead atoms. The molecular formula is C16H19N5O3. The van der Waals surface area contributed by atoms with Gasteiger partial charge in [0.05, 0.1) is 18.2 Å². The van der Waals surface area contributed by atoms with E-state index < -0.39 is 5.41 Å². The summed E-state index contributed by atoms with van der Waals surface area (Å²) in [5.41, 5.74) is 0.434. The number of fused-ring (bicyclic) bond motifs is 2. The van der Waals surface area contributed by atoms with Gasteiger partial charge in [-0.15, -0.1) is 0 Å². The molecule has 2 fully saturated rings. The van der Waals surface area contributed by atoms with Crippen LogP contribution < -0.4 is 5.32 Å². The van der Waals surface area contributed by atoms with Crippen molar-refractivity contribution in [3.05, 3.63) is 30.2 Å². The van der Waals surface area contributed by atoms with E-state index in [0.29, 0.717) is 43.9 Å². The Hall–Kier alpha value is -2.48. The summed E-state index contributed by atoms with van der Waals surface area (Å²) in [6, 6.07) is 1.76. The topological polar surface area (TPSA) is 88.8 Å². The number of hydrogen-bond donors (Lipinski definition) is 1. The van der Waals surface area contributed by atoms with Gasteiger partial charge in [-0.1, -0.05) is 0 Å². The summed E-state index contributed by atoms with van der Waals surface area (Å²) in [6.07, 6.45) is 5.56. The second-order valence-corrected chi connectivity index (χ2v) is 6.39. The number of carbonyl (C=O) groups excluding carboxylic acids is 2. The lowest BCUT2D eigenvalue weighted by Crippen LogP contribution is -2.49. The van der Waals surface area contributed by atoms with Crippen LogP contribution in [0.1, 0.15) is 16.8 Å². The number of nitrogens with zero attached hydrogens (tertiary/aromatic N) is 4. The minimum Gasteiger partial charge on any atom is -0.381 e. The second-order valence-electron chi connectivity index (χ2n) is 6.39. The number of nitrogens with one attached hydrogen (secondary N) is 1. The van der Waals surface area contributed by atoms with Gasteiger partial charge in [0.2, 0.25) is 5.91 Å². The zero-order valence-corrected chi connectivity index (χ0v) is 13.4. The summed E-state index contributed by atoms with van der Waals surface area (Å²) in [4.78, 5) is 31.5. The highest BCUT2D eigenvalue weighted by Gasteiger charge is 2.54. The second kappa shape index (κ2) is 5.55. The highest BCUT2D eigenvalue weighted by Crippen LogP contribution is 2.42. The monoisotopic (exact) mass is 329 g/mol. The Morgan fingerprint density at radius 3 is 3.17 bits per heavy atom. The van der Waals surface area contributed by atoms with Crippen LogP contribution in [0.25, 0.3) is 5.65 Å². The molecule has 2 amide bonds. The van der Waals surface area contributed by atoms with Gasteiger partial charge in [0.1, 0.15) is 5.56 Å². The molecule has 2 aromatic heterocycles. The molecule has 0 aliphatic carbocycles. The van der Waals surface area contributed by atoms with E-state index in [9.17, 15) is 9.59 Å². The maximum atomic E-state index is 13.0. The third-order valence-corrected chi connectivity index (χ3v) is 5.18. The summed E-state index contributed by atoms with van der Waals surface area (Å²) in [5.74, 6) is -0.129. The number of rotatable bonds is 2. The van der Waals surface area contributed by atoms with E-state index in [0.717, 1.165) is 0 Å². The Morgan fingerprint density at radius 2 is 2.33 bits per heavy atom. The lowest BCUT2D eigenvalue weighted by Gasteiger charge is -2.36. The zero-order valence-electron chi connectivity index (χ0n) is 13.4. The van der Waals surface area contributed by atoms with Crippen molar-refractivity contribution >= 4 is 17.5 Å². The van der Waals surface area contributed by atoms with E-state index in [1.807, 2.05) is 0 Å². The molecule has 2 saturated heterocycles. The average Bonchev–Trinajstić information content (AvgIpc) is 3.22. The number of aromatic nitrogens is 3. The molecule has 2 atom stereocenters. The lowest BCUT2D eigenvalue weighted by atomic mass is 9.73. The maximum Gasteiger partial charge on any atom is 0.259 e. The highest BCUT2D eigenvalue weighted by molar-refractivity contribution is 6.00. The Bertz CT molecular complexity index is 804. The van der Waals surface area contributed by atoms with Crippen LogP contribution in [0, 0.1) is 11.3 Å². The lowest BCUT2D eigenvalue weighted by molar-refractivity contribution is -0.138. The van der Waals surface area contributed by atoms with Crippen LogP contribution in [0.5, 0.6) is 0 Å². The molecule has 1 N–H and O–H groups in total. The molecule has 24 heavy (non-hydrogen) atoms. The van der Waals surface area contributed by atoms with Gasteiger partial charge >= 0.3 is 0 Å². The highest BCUT2D eigenvalue weighted by atomic mass is 16.5. The molecule has 126 valence electrons. The predicted molar refractivity (Wildman–Crippen MR) is 84.3 cm³/mol. The normalized spacial score (nSPS) is 26.4. The van der Waals surface area contributed by atoms with E-state index in [2.05, 4.69) is 15.4 Å². The van der Waals surface area contributed by atoms with E-state index in [4.69, 9.17) is 4.74 Å². The molecule has 4 heterocycles. The SMILES string of the molecule is CNC(=O)[C@]12CCOC[C@H]1CN(C(=O)c1cnn3cccnc13)C2. The molecule has 2 aromatic rings. The number of carbonyl (C=O) groups is 2. The maximum absolute atomic E-state index is 13.0. The Balaban J connectivity index is 1.66. The van der Waals surface area contributed by atoms with Gasteiger partial charge in [0.25, 0.3) is 5.91 Å². The molecule has 2 aliphatic heterocycles. The molecule has 0 unspecified atom stereocenters. The van der Waals surface area contributed by atoms with Gasteiger partial charge in [0.15, 0.2) is 5.65 Å². The first-order valence-corrected chi connectivity index (χ1v) is 8.03. The predicted octanol–water partition coefficient (Wildman–Crippen LogP) is -0.0460. The summed E-state index contributed by atoms with van der Waals surface area (Å²) < 4.78 is 7.12. The summed E-state index contributed by atoms with van der Waals surface area (Å²) in [5, 5.41) is 6.93. The zero-order chi connectivity index (χ0) is 16.7. The van der Waals surface area contributed by atoms with Crippen molar-refractivity contribution in [2.75, 3.05) is 33.4 Å². The molecule has 0 saturated carbocycles. The summed E-state index contributed by atoms with van der Waals surface area (Å²) in [7, 11) is 1.64. The molecule has 0 spiro atoms. The molecule has 0 aromatic carbocycles. The largest absolute Gasteiger partial charge is 0.381 e. The third kappa shape index (κ3) is 2.10. The van der Waals surface area contributed by atoms with Gasteiger partial charge < -0.3 is 15.0 Å². The summed E-state index contributed by atoms with van der Waals surface area (Å²) >= 11 is 0. The van der Waals surface area contributed by atoms with Gasteiger partial charge in [-0.3, -0.25) is 9.59 Å². The fourth-order valence-corrected chi connectivity index (χ4v) is 3.87. The van der Waals surface area contributed by atoms with Gasteiger partial charge in [0, 0.05) is 45.1 Å². The first-order valence-electron chi connectivity index (χ1n) is 8.03. The van der Waals surface area contributed by atoms with Gasteiger partial charge in [-0.25, -0.2) is 9.50 Å². The van der Waals surface area contributed by atoms with Crippen molar-refractivity contribution in [3.8, 4) is 0 Å². The molecule has 8 heteroatoms. The van der Waals surface area contributed by atoms with Crippen molar-refractivity contribution in [1.29, 1.82) is 0 Å². The van der Waals surface area contributed by atoms with Gasteiger partial charge in [-0.2, -0.15) is 5.10 Å². The average molecular weight is 329 g/mol. The standard InChI is InChI=1S/C16H19N5O3/c1-17-15(23)16-3-6-24-9-11(16)8-20(10-16)14(22)12-7-19-21-5-2-4-18-13(12)21/h2,4-5,7,11H,3,6,8-10H2,1H3,(H,17,23)/t11-,16+/m1/s1. The minimum absolute atomic E-state index is 0.0101. The van der Waals surface area contributed by atoms with Crippen LogP contribution in [-0.2, 0) is 9.53 Å². The fraction of sp³-hybridized carbons (Fsp3) is 0.500. The van der Waals surface area contributed by atoms with Crippen molar-refractivity contribution in [2.45, 2.75) is 6.42 Å². The molecule has 2 aliphatic rings. The first kappa shape index (κ1) is 15.1. The number of hydrogen-bond acceptors (Lipinski definition) is 5. The fourth-order valence-electron chi connectivity index (χ4n) is 3.87. The van der Waals surface area contributed by atoms with Crippen LogP contribution in [0.2, 0.25) is 0 Å². The minimum atomic E-state index is -0.556. The van der Waals surface area contributed by atoms with Gasteiger partial charge in [-0.05, 0) is 12.5 Å². The van der Waals surface area contributed by atoms with Crippen LogP contribution in [0.3, 0.4) is 0 Å². The first-order chi connectivity index (χ1) is 11.7. The Morgan fingerprint density at radius 1 is 1.46 bits per heavy atom. The number of ether oxygens (including phenoxy) is 1. The number of amides is 2. The van der Waals surface area contributed by atoms with Crippen LogP contribution in [0.15, 0.2) is 24.7 Å². The molecule has 8 nitrogen and oxygen atoms in total.